The average molecular weight is 300 g/mol. The Kier molecular flexibility index (Phi) is 4.32. The maximum Gasteiger partial charge on any atom is 0.223 e. The van der Waals surface area contributed by atoms with Gasteiger partial charge >= 0.3 is 0 Å². The van der Waals surface area contributed by atoms with Gasteiger partial charge in [-0.1, -0.05) is 13.8 Å². The Hall–Kier alpha value is -2.04. The Labute approximate surface area is 130 Å². The highest BCUT2D eigenvalue weighted by molar-refractivity contribution is 5.79. The Morgan fingerprint density at radius 3 is 3.09 bits per heavy atom. The first-order valence-corrected chi connectivity index (χ1v) is 8.11. The molecule has 0 radical (unpaired) electrons. The lowest BCUT2D eigenvalue weighted by Crippen LogP contribution is -2.35. The summed E-state index contributed by atoms with van der Waals surface area (Å²) in [7, 11) is 0. The van der Waals surface area contributed by atoms with Crippen molar-refractivity contribution in [2.24, 2.45) is 5.92 Å². The fourth-order valence-corrected chi connectivity index (χ4v) is 2.99. The van der Waals surface area contributed by atoms with Crippen LogP contribution in [0.3, 0.4) is 0 Å². The van der Waals surface area contributed by atoms with Crippen molar-refractivity contribution in [1.29, 1.82) is 0 Å². The lowest BCUT2D eigenvalue weighted by atomic mass is 9.89. The highest BCUT2D eigenvalue weighted by Gasteiger charge is 2.27. The van der Waals surface area contributed by atoms with Gasteiger partial charge in [-0.25, -0.2) is 4.98 Å². The SMILES string of the molecule is CC(C)c1nc2c([nH]1)C[C@@H](C(=O)NCCc1ccc[nH]1)CC2. The van der Waals surface area contributed by atoms with Gasteiger partial charge in [0.1, 0.15) is 5.82 Å². The van der Waals surface area contributed by atoms with E-state index in [1.54, 1.807) is 0 Å². The molecule has 0 saturated carbocycles. The van der Waals surface area contributed by atoms with E-state index in [2.05, 4.69) is 34.1 Å². The van der Waals surface area contributed by atoms with Gasteiger partial charge < -0.3 is 15.3 Å². The molecule has 0 bridgehead atoms. The zero-order chi connectivity index (χ0) is 15.5. The number of aryl methyl sites for hydroxylation is 1. The number of amides is 1. The number of hydrogen-bond acceptors (Lipinski definition) is 2. The standard InChI is InChI=1S/C17H24N4O/c1-11(2)16-20-14-6-5-12(10-15(14)21-16)17(22)19-9-7-13-4-3-8-18-13/h3-4,8,11-12,18H,5-7,9-10H2,1-2H3,(H,19,22)(H,20,21)/t12-/m0/s1. The fourth-order valence-electron chi connectivity index (χ4n) is 2.99. The van der Waals surface area contributed by atoms with Crippen LogP contribution in [0.1, 0.15) is 49.1 Å². The summed E-state index contributed by atoms with van der Waals surface area (Å²) in [5.41, 5.74) is 3.46. The molecule has 0 fully saturated rings. The normalized spacial score (nSPS) is 17.5. The highest BCUT2D eigenvalue weighted by atomic mass is 16.1. The molecule has 0 spiro atoms. The molecular formula is C17H24N4O. The molecule has 5 nitrogen and oxygen atoms in total. The minimum absolute atomic E-state index is 0.0663. The second-order valence-corrected chi connectivity index (χ2v) is 6.38. The van der Waals surface area contributed by atoms with Gasteiger partial charge in [0.25, 0.3) is 0 Å². The summed E-state index contributed by atoms with van der Waals surface area (Å²) in [6.45, 7) is 4.95. The third kappa shape index (κ3) is 3.24. The number of aromatic amines is 2. The van der Waals surface area contributed by atoms with E-state index in [0.29, 0.717) is 12.5 Å². The van der Waals surface area contributed by atoms with Gasteiger partial charge in [0.05, 0.1) is 5.69 Å². The van der Waals surface area contributed by atoms with E-state index in [-0.39, 0.29) is 11.8 Å². The first-order chi connectivity index (χ1) is 10.6. The second-order valence-electron chi connectivity index (χ2n) is 6.38. The molecule has 1 aliphatic carbocycles. The van der Waals surface area contributed by atoms with Crippen LogP contribution in [0.5, 0.6) is 0 Å². The van der Waals surface area contributed by atoms with Gasteiger partial charge in [-0.05, 0) is 25.0 Å². The fraction of sp³-hybridized carbons (Fsp3) is 0.529. The molecule has 3 rings (SSSR count). The van der Waals surface area contributed by atoms with Crippen molar-refractivity contribution in [1.82, 2.24) is 20.3 Å². The number of fused-ring (bicyclic) bond motifs is 1. The van der Waals surface area contributed by atoms with E-state index in [4.69, 9.17) is 0 Å². The van der Waals surface area contributed by atoms with E-state index in [1.165, 1.54) is 0 Å². The van der Waals surface area contributed by atoms with Crippen LogP contribution >= 0.6 is 0 Å². The largest absolute Gasteiger partial charge is 0.365 e. The third-order valence-electron chi connectivity index (χ3n) is 4.34. The molecule has 5 heteroatoms. The summed E-state index contributed by atoms with van der Waals surface area (Å²) in [5, 5.41) is 3.06. The zero-order valence-electron chi connectivity index (χ0n) is 13.3. The van der Waals surface area contributed by atoms with Crippen molar-refractivity contribution >= 4 is 5.91 Å². The second kappa shape index (κ2) is 6.38. The van der Waals surface area contributed by atoms with Gasteiger partial charge in [-0.2, -0.15) is 0 Å². The molecule has 1 atom stereocenters. The Morgan fingerprint density at radius 1 is 1.50 bits per heavy atom. The van der Waals surface area contributed by atoms with Crippen LogP contribution in [0.4, 0.5) is 0 Å². The maximum absolute atomic E-state index is 12.3. The number of aromatic nitrogens is 3. The van der Waals surface area contributed by atoms with Crippen molar-refractivity contribution in [3.8, 4) is 0 Å². The van der Waals surface area contributed by atoms with Crippen molar-refractivity contribution in [3.05, 3.63) is 41.2 Å². The van der Waals surface area contributed by atoms with E-state index in [1.807, 2.05) is 18.3 Å². The summed E-state index contributed by atoms with van der Waals surface area (Å²) >= 11 is 0. The van der Waals surface area contributed by atoms with Gasteiger partial charge in [0.15, 0.2) is 0 Å². The monoisotopic (exact) mass is 300 g/mol. The smallest absolute Gasteiger partial charge is 0.223 e. The van der Waals surface area contributed by atoms with E-state index < -0.39 is 0 Å². The number of rotatable bonds is 5. The predicted octanol–water partition coefficient (Wildman–Crippen LogP) is 2.33. The van der Waals surface area contributed by atoms with E-state index in [0.717, 1.165) is 48.6 Å². The maximum atomic E-state index is 12.3. The summed E-state index contributed by atoms with van der Waals surface area (Å²) in [6.07, 6.45) is 5.32. The minimum atomic E-state index is 0.0663. The van der Waals surface area contributed by atoms with Crippen LogP contribution in [0, 0.1) is 5.92 Å². The first-order valence-electron chi connectivity index (χ1n) is 8.11. The van der Waals surface area contributed by atoms with Crippen LogP contribution in [-0.4, -0.2) is 27.4 Å². The number of nitrogens with one attached hydrogen (secondary N) is 3. The number of hydrogen-bond donors (Lipinski definition) is 3. The summed E-state index contributed by atoms with van der Waals surface area (Å²) in [5.74, 6) is 1.67. The molecule has 0 saturated heterocycles. The molecule has 2 aromatic rings. The Balaban J connectivity index is 1.53. The Bertz CT molecular complexity index is 627. The van der Waals surface area contributed by atoms with Crippen LogP contribution in [-0.2, 0) is 24.1 Å². The van der Waals surface area contributed by atoms with Gasteiger partial charge in [-0.15, -0.1) is 0 Å². The molecule has 0 aliphatic heterocycles. The lowest BCUT2D eigenvalue weighted by Gasteiger charge is -2.20. The van der Waals surface area contributed by atoms with Gasteiger partial charge in [0.2, 0.25) is 5.91 Å². The summed E-state index contributed by atoms with van der Waals surface area (Å²) in [6, 6.07) is 4.02. The van der Waals surface area contributed by atoms with Crippen molar-refractivity contribution < 1.29 is 4.79 Å². The topological polar surface area (TPSA) is 73.6 Å². The molecule has 0 unspecified atom stereocenters. The van der Waals surface area contributed by atoms with Gasteiger partial charge in [-0.3, -0.25) is 4.79 Å². The number of carbonyl (C=O) groups is 1. The quantitative estimate of drug-likeness (QED) is 0.793. The zero-order valence-corrected chi connectivity index (χ0v) is 13.3. The van der Waals surface area contributed by atoms with Crippen LogP contribution < -0.4 is 5.32 Å². The predicted molar refractivity (Wildman–Crippen MR) is 85.7 cm³/mol. The van der Waals surface area contributed by atoms with Crippen molar-refractivity contribution in [2.75, 3.05) is 6.54 Å². The van der Waals surface area contributed by atoms with Crippen LogP contribution in [0.2, 0.25) is 0 Å². The van der Waals surface area contributed by atoms with Crippen LogP contribution in [0.25, 0.3) is 0 Å². The van der Waals surface area contributed by atoms with Gasteiger partial charge in [0, 0.05) is 48.8 Å². The molecule has 118 valence electrons. The minimum Gasteiger partial charge on any atom is -0.365 e. The molecule has 3 N–H and O–H groups in total. The number of H-pyrrole nitrogens is 2. The van der Waals surface area contributed by atoms with Crippen LogP contribution in [0.15, 0.2) is 18.3 Å². The van der Waals surface area contributed by atoms with Crippen molar-refractivity contribution in [2.45, 2.75) is 45.4 Å². The summed E-state index contributed by atoms with van der Waals surface area (Å²) < 4.78 is 0. The van der Waals surface area contributed by atoms with Crippen molar-refractivity contribution in [3.63, 3.8) is 0 Å². The third-order valence-corrected chi connectivity index (χ3v) is 4.34. The molecule has 2 heterocycles. The summed E-state index contributed by atoms with van der Waals surface area (Å²) in [4.78, 5) is 23.5. The molecule has 0 aromatic carbocycles. The average Bonchev–Trinajstić information content (AvgIpc) is 3.15. The lowest BCUT2D eigenvalue weighted by molar-refractivity contribution is -0.125. The molecular weight excluding hydrogens is 276 g/mol. The molecule has 1 amide bonds. The van der Waals surface area contributed by atoms with E-state index >= 15 is 0 Å². The number of imidazole rings is 1. The molecule has 22 heavy (non-hydrogen) atoms. The number of carbonyl (C=O) groups excluding carboxylic acids is 1. The molecule has 2 aromatic heterocycles. The highest BCUT2D eigenvalue weighted by Crippen LogP contribution is 2.25. The first kappa shape index (κ1) is 14.9. The Morgan fingerprint density at radius 2 is 2.36 bits per heavy atom. The molecule has 1 aliphatic rings. The van der Waals surface area contributed by atoms with E-state index in [9.17, 15) is 4.79 Å². The number of nitrogens with zero attached hydrogens (tertiary/aromatic N) is 1.